The van der Waals surface area contributed by atoms with Gasteiger partial charge < -0.3 is 10.7 Å². The van der Waals surface area contributed by atoms with Crippen molar-refractivity contribution < 1.29 is 0 Å². The summed E-state index contributed by atoms with van der Waals surface area (Å²) in [6.07, 6.45) is 8.10. The van der Waals surface area contributed by atoms with Crippen LogP contribution in [0.4, 0.5) is 0 Å². The molecule has 2 aromatic rings. The van der Waals surface area contributed by atoms with Crippen LogP contribution in [0.15, 0.2) is 21.7 Å². The van der Waals surface area contributed by atoms with Crippen LogP contribution in [0.5, 0.6) is 0 Å². The van der Waals surface area contributed by atoms with E-state index in [1.165, 1.54) is 6.42 Å². The monoisotopic (exact) mass is 335 g/mol. The highest BCUT2D eigenvalue weighted by Gasteiger charge is 2.13. The maximum atomic E-state index is 5.88. The van der Waals surface area contributed by atoms with Gasteiger partial charge in [-0.15, -0.1) is 0 Å². The maximum Gasteiger partial charge on any atom is 0.157 e. The molecule has 3 heterocycles. The van der Waals surface area contributed by atoms with Gasteiger partial charge in [-0.3, -0.25) is 4.99 Å². The summed E-state index contributed by atoms with van der Waals surface area (Å²) in [5.74, 6) is 1.78. The number of nitrogens with two attached hydrogens (primary N) is 1. The zero-order valence-corrected chi connectivity index (χ0v) is 12.9. The lowest BCUT2D eigenvalue weighted by Crippen LogP contribution is -2.14. The van der Waals surface area contributed by atoms with Gasteiger partial charge in [-0.25, -0.2) is 9.97 Å². The van der Waals surface area contributed by atoms with E-state index in [1.807, 2.05) is 6.07 Å². The van der Waals surface area contributed by atoms with E-state index >= 15 is 0 Å². The standard InChI is InChI=1S/C14H18BrN5/c15-9-7-11-14(17-8-9)20-13(19-11)6-5-10-3-1-2-4-12(16)18-10/h7-8,10H,1-6H2,(H2,16,18)(H,17,19,20)/t10-/m1/s1. The third kappa shape index (κ3) is 3.17. The van der Waals surface area contributed by atoms with E-state index in [-0.39, 0.29) is 0 Å². The number of hydrogen-bond acceptors (Lipinski definition) is 4. The number of nitrogens with zero attached hydrogens (tertiary/aromatic N) is 3. The van der Waals surface area contributed by atoms with E-state index in [1.54, 1.807) is 6.20 Å². The summed E-state index contributed by atoms with van der Waals surface area (Å²) in [5.41, 5.74) is 7.62. The number of halogens is 1. The minimum Gasteiger partial charge on any atom is -0.387 e. The number of aromatic nitrogens is 3. The van der Waals surface area contributed by atoms with Crippen molar-refractivity contribution in [3.63, 3.8) is 0 Å². The highest BCUT2D eigenvalue weighted by atomic mass is 79.9. The Bertz CT molecular complexity index is 634. The third-order valence-electron chi connectivity index (χ3n) is 3.64. The summed E-state index contributed by atoms with van der Waals surface area (Å²) in [7, 11) is 0. The zero-order valence-electron chi connectivity index (χ0n) is 11.3. The molecular formula is C14H18BrN5. The molecule has 1 aliphatic rings. The van der Waals surface area contributed by atoms with Gasteiger partial charge in [-0.2, -0.15) is 0 Å². The van der Waals surface area contributed by atoms with E-state index in [4.69, 9.17) is 5.73 Å². The van der Waals surface area contributed by atoms with Crippen LogP contribution in [-0.2, 0) is 6.42 Å². The average Bonchev–Trinajstić information content (AvgIpc) is 2.70. The molecule has 0 spiro atoms. The molecule has 1 atom stereocenters. The lowest BCUT2D eigenvalue weighted by molar-refractivity contribution is 0.548. The summed E-state index contributed by atoms with van der Waals surface area (Å²) >= 11 is 3.41. The van der Waals surface area contributed by atoms with Crippen molar-refractivity contribution in [1.29, 1.82) is 0 Å². The maximum absolute atomic E-state index is 5.88. The zero-order chi connectivity index (χ0) is 13.9. The molecular weight excluding hydrogens is 318 g/mol. The van der Waals surface area contributed by atoms with Crippen LogP contribution >= 0.6 is 15.9 Å². The van der Waals surface area contributed by atoms with Crippen molar-refractivity contribution in [2.75, 3.05) is 0 Å². The molecule has 0 amide bonds. The molecule has 0 radical (unpaired) electrons. The first-order valence-corrected chi connectivity index (χ1v) is 7.82. The second-order valence-electron chi connectivity index (χ2n) is 5.26. The summed E-state index contributed by atoms with van der Waals surface area (Å²) in [6, 6.07) is 2.31. The number of aromatic amines is 1. The van der Waals surface area contributed by atoms with Gasteiger partial charge in [-0.1, -0.05) is 6.42 Å². The molecule has 0 fully saturated rings. The van der Waals surface area contributed by atoms with Gasteiger partial charge in [-0.05, 0) is 41.3 Å². The first-order chi connectivity index (χ1) is 9.70. The van der Waals surface area contributed by atoms with Crippen LogP contribution in [0.3, 0.4) is 0 Å². The molecule has 0 saturated heterocycles. The highest BCUT2D eigenvalue weighted by molar-refractivity contribution is 9.10. The summed E-state index contributed by atoms with van der Waals surface area (Å²) in [6.45, 7) is 0. The molecule has 6 heteroatoms. The SMILES string of the molecule is NC1=N[C@@H](CCc2nc3cc(Br)cnc3[nH]2)CCCC1. The number of aliphatic imine (C=N–C) groups is 1. The number of nitrogens with one attached hydrogen (secondary N) is 1. The Hall–Kier alpha value is -1.43. The number of rotatable bonds is 3. The molecule has 0 unspecified atom stereocenters. The van der Waals surface area contributed by atoms with Gasteiger partial charge >= 0.3 is 0 Å². The number of H-pyrrole nitrogens is 1. The van der Waals surface area contributed by atoms with Crippen LogP contribution in [-0.4, -0.2) is 26.8 Å². The number of pyridine rings is 1. The Labute approximate surface area is 126 Å². The molecule has 0 aliphatic carbocycles. The topological polar surface area (TPSA) is 79.9 Å². The predicted octanol–water partition coefficient (Wildman–Crippen LogP) is 2.95. The molecule has 0 saturated carbocycles. The van der Waals surface area contributed by atoms with Crippen molar-refractivity contribution in [3.8, 4) is 0 Å². The van der Waals surface area contributed by atoms with Crippen LogP contribution < -0.4 is 5.73 Å². The van der Waals surface area contributed by atoms with E-state index in [0.717, 1.165) is 59.4 Å². The fraction of sp³-hybridized carbons (Fsp3) is 0.500. The Balaban J connectivity index is 1.68. The van der Waals surface area contributed by atoms with Crippen LogP contribution in [0.1, 0.15) is 37.9 Å². The number of hydrogen-bond donors (Lipinski definition) is 2. The van der Waals surface area contributed by atoms with Crippen LogP contribution in [0.2, 0.25) is 0 Å². The minimum atomic E-state index is 0.338. The predicted molar refractivity (Wildman–Crippen MR) is 83.8 cm³/mol. The van der Waals surface area contributed by atoms with Gasteiger partial charge in [0.1, 0.15) is 11.3 Å². The van der Waals surface area contributed by atoms with E-state index < -0.39 is 0 Å². The molecule has 3 rings (SSSR count). The normalized spacial score (nSPS) is 19.9. The Morgan fingerprint density at radius 3 is 3.20 bits per heavy atom. The van der Waals surface area contributed by atoms with Crippen molar-refractivity contribution in [3.05, 3.63) is 22.6 Å². The largest absolute Gasteiger partial charge is 0.387 e. The average molecular weight is 336 g/mol. The molecule has 3 N–H and O–H groups in total. The fourth-order valence-corrected chi connectivity index (χ4v) is 2.92. The quantitative estimate of drug-likeness (QED) is 0.904. The van der Waals surface area contributed by atoms with Crippen LogP contribution in [0, 0.1) is 0 Å². The van der Waals surface area contributed by atoms with Gasteiger partial charge in [0, 0.05) is 23.5 Å². The second-order valence-corrected chi connectivity index (χ2v) is 6.18. The first-order valence-electron chi connectivity index (χ1n) is 7.03. The van der Waals surface area contributed by atoms with Gasteiger partial charge in [0.2, 0.25) is 0 Å². The van der Waals surface area contributed by atoms with Gasteiger partial charge in [0.25, 0.3) is 0 Å². The molecule has 2 aromatic heterocycles. The number of amidine groups is 1. The molecule has 1 aliphatic heterocycles. The Morgan fingerprint density at radius 1 is 1.40 bits per heavy atom. The minimum absolute atomic E-state index is 0.338. The van der Waals surface area contributed by atoms with E-state index in [9.17, 15) is 0 Å². The van der Waals surface area contributed by atoms with Gasteiger partial charge in [0.15, 0.2) is 5.65 Å². The van der Waals surface area contributed by atoms with Crippen molar-refractivity contribution >= 4 is 32.9 Å². The molecule has 106 valence electrons. The Morgan fingerprint density at radius 2 is 2.30 bits per heavy atom. The lowest BCUT2D eigenvalue weighted by atomic mass is 10.1. The first kappa shape index (κ1) is 13.5. The van der Waals surface area contributed by atoms with Crippen molar-refractivity contribution in [2.45, 2.75) is 44.6 Å². The number of aryl methyl sites for hydroxylation is 1. The molecule has 0 aromatic carbocycles. The molecule has 5 nitrogen and oxygen atoms in total. The smallest absolute Gasteiger partial charge is 0.157 e. The number of fused-ring (bicyclic) bond motifs is 1. The van der Waals surface area contributed by atoms with Gasteiger partial charge in [0.05, 0.1) is 11.9 Å². The Kier molecular flexibility index (Phi) is 4.00. The van der Waals surface area contributed by atoms with E-state index in [2.05, 4.69) is 35.9 Å². The summed E-state index contributed by atoms with van der Waals surface area (Å²) < 4.78 is 0.948. The van der Waals surface area contributed by atoms with E-state index in [0.29, 0.717) is 6.04 Å². The number of imidazole rings is 1. The second kappa shape index (κ2) is 5.91. The van der Waals surface area contributed by atoms with Crippen molar-refractivity contribution in [2.24, 2.45) is 10.7 Å². The molecule has 0 bridgehead atoms. The lowest BCUT2D eigenvalue weighted by Gasteiger charge is -2.09. The third-order valence-corrected chi connectivity index (χ3v) is 4.07. The fourth-order valence-electron chi connectivity index (χ4n) is 2.60. The summed E-state index contributed by atoms with van der Waals surface area (Å²) in [5, 5.41) is 0. The van der Waals surface area contributed by atoms with Crippen molar-refractivity contribution in [1.82, 2.24) is 15.0 Å². The highest BCUT2D eigenvalue weighted by Crippen LogP contribution is 2.19. The van der Waals surface area contributed by atoms with Crippen LogP contribution in [0.25, 0.3) is 11.2 Å². The summed E-state index contributed by atoms with van der Waals surface area (Å²) in [4.78, 5) is 16.7. The molecule has 20 heavy (non-hydrogen) atoms.